The van der Waals surface area contributed by atoms with Gasteiger partial charge in [-0.15, -0.1) is 0 Å². The SMILES string of the molecule is CCN(CC)C(=O)c1ccc(NC(=O)[C@H](C)NC(=O)c2cccc([N+](=O)[O-])c2)cc1. The molecule has 2 rings (SSSR count). The fourth-order valence-electron chi connectivity index (χ4n) is 2.75. The first-order valence-corrected chi connectivity index (χ1v) is 9.52. The number of benzene rings is 2. The van der Waals surface area contributed by atoms with Crippen molar-refractivity contribution < 1.29 is 19.3 Å². The molecule has 0 saturated carbocycles. The Balaban J connectivity index is 1.98. The molecule has 30 heavy (non-hydrogen) atoms. The molecule has 0 unspecified atom stereocenters. The van der Waals surface area contributed by atoms with Crippen LogP contribution in [0.1, 0.15) is 41.5 Å². The fraction of sp³-hybridized carbons (Fsp3) is 0.286. The standard InChI is InChI=1S/C21H24N4O5/c1-4-24(5-2)21(28)15-9-11-17(12-10-15)23-19(26)14(3)22-20(27)16-7-6-8-18(13-16)25(29)30/h6-14H,4-5H2,1-3H3,(H,22,27)(H,23,26)/t14-/m0/s1. The molecule has 2 N–H and O–H groups in total. The van der Waals surface area contributed by atoms with Crippen molar-refractivity contribution in [1.82, 2.24) is 10.2 Å². The van der Waals surface area contributed by atoms with Gasteiger partial charge in [-0.2, -0.15) is 0 Å². The van der Waals surface area contributed by atoms with Gasteiger partial charge in [-0.25, -0.2) is 0 Å². The van der Waals surface area contributed by atoms with Gasteiger partial charge in [0.2, 0.25) is 5.91 Å². The summed E-state index contributed by atoms with van der Waals surface area (Å²) in [6, 6.07) is 10.9. The van der Waals surface area contributed by atoms with Gasteiger partial charge in [0, 0.05) is 42.0 Å². The van der Waals surface area contributed by atoms with Gasteiger partial charge >= 0.3 is 0 Å². The van der Waals surface area contributed by atoms with Gasteiger partial charge in [0.05, 0.1) is 4.92 Å². The quantitative estimate of drug-likeness (QED) is 0.510. The number of carbonyl (C=O) groups is 3. The Hall–Kier alpha value is -3.75. The maximum atomic E-state index is 12.4. The van der Waals surface area contributed by atoms with E-state index in [9.17, 15) is 24.5 Å². The maximum absolute atomic E-state index is 12.4. The van der Waals surface area contributed by atoms with Crippen molar-refractivity contribution in [1.29, 1.82) is 0 Å². The lowest BCUT2D eigenvalue weighted by molar-refractivity contribution is -0.384. The van der Waals surface area contributed by atoms with E-state index in [1.807, 2.05) is 13.8 Å². The number of amides is 3. The molecule has 0 bridgehead atoms. The lowest BCUT2D eigenvalue weighted by Gasteiger charge is -2.19. The zero-order valence-electron chi connectivity index (χ0n) is 17.0. The van der Waals surface area contributed by atoms with Gasteiger partial charge in [0.15, 0.2) is 0 Å². The minimum absolute atomic E-state index is 0.0862. The van der Waals surface area contributed by atoms with Crippen molar-refractivity contribution in [3.63, 3.8) is 0 Å². The molecule has 0 fully saturated rings. The normalized spacial score (nSPS) is 11.3. The van der Waals surface area contributed by atoms with E-state index >= 15 is 0 Å². The van der Waals surface area contributed by atoms with Crippen LogP contribution in [0.4, 0.5) is 11.4 Å². The third-order valence-electron chi connectivity index (χ3n) is 4.51. The van der Waals surface area contributed by atoms with Gasteiger partial charge in [-0.3, -0.25) is 24.5 Å². The molecule has 158 valence electrons. The third kappa shape index (κ3) is 5.63. The largest absolute Gasteiger partial charge is 0.341 e. The van der Waals surface area contributed by atoms with Crippen molar-refractivity contribution in [2.75, 3.05) is 18.4 Å². The van der Waals surface area contributed by atoms with Crippen LogP contribution in [0, 0.1) is 10.1 Å². The summed E-state index contributed by atoms with van der Waals surface area (Å²) in [5.74, 6) is -1.14. The molecule has 0 aromatic heterocycles. The van der Waals surface area contributed by atoms with Crippen LogP contribution in [0.2, 0.25) is 0 Å². The van der Waals surface area contributed by atoms with Crippen LogP contribution in [0.15, 0.2) is 48.5 Å². The molecule has 0 aliphatic heterocycles. The van der Waals surface area contributed by atoms with E-state index in [0.717, 1.165) is 6.07 Å². The summed E-state index contributed by atoms with van der Waals surface area (Å²) in [5, 5.41) is 16.0. The Morgan fingerprint density at radius 2 is 1.67 bits per heavy atom. The van der Waals surface area contributed by atoms with Crippen LogP contribution in [-0.4, -0.2) is 46.7 Å². The second-order valence-electron chi connectivity index (χ2n) is 6.55. The van der Waals surface area contributed by atoms with Crippen LogP contribution in [0.25, 0.3) is 0 Å². The highest BCUT2D eigenvalue weighted by atomic mass is 16.6. The van der Waals surface area contributed by atoms with E-state index in [0.29, 0.717) is 24.3 Å². The highest BCUT2D eigenvalue weighted by molar-refractivity contribution is 6.01. The number of rotatable bonds is 8. The first kappa shape index (κ1) is 22.5. The summed E-state index contributed by atoms with van der Waals surface area (Å²) in [5.41, 5.74) is 0.874. The number of nitrogens with zero attached hydrogens (tertiary/aromatic N) is 2. The summed E-state index contributed by atoms with van der Waals surface area (Å²) in [4.78, 5) is 48.9. The van der Waals surface area contributed by atoms with Gasteiger partial charge in [-0.1, -0.05) is 6.07 Å². The molecular weight excluding hydrogens is 388 g/mol. The van der Waals surface area contributed by atoms with Gasteiger partial charge in [0.25, 0.3) is 17.5 Å². The molecule has 9 heteroatoms. The molecule has 0 heterocycles. The van der Waals surface area contributed by atoms with Crippen LogP contribution in [0.3, 0.4) is 0 Å². The van der Waals surface area contributed by atoms with Gasteiger partial charge in [-0.05, 0) is 51.1 Å². The lowest BCUT2D eigenvalue weighted by atomic mass is 10.1. The van der Waals surface area contributed by atoms with E-state index in [1.165, 1.54) is 25.1 Å². The van der Waals surface area contributed by atoms with Crippen molar-refractivity contribution in [2.24, 2.45) is 0 Å². The Labute approximate surface area is 174 Å². The van der Waals surface area contributed by atoms with Crippen molar-refractivity contribution in [3.8, 4) is 0 Å². The topological polar surface area (TPSA) is 122 Å². The number of carbonyl (C=O) groups excluding carboxylic acids is 3. The molecule has 0 aliphatic carbocycles. The molecule has 0 spiro atoms. The number of non-ortho nitro benzene ring substituents is 1. The third-order valence-corrected chi connectivity index (χ3v) is 4.51. The number of nitrogens with one attached hydrogen (secondary N) is 2. The summed E-state index contributed by atoms with van der Waals surface area (Å²) < 4.78 is 0. The van der Waals surface area contributed by atoms with Gasteiger partial charge < -0.3 is 15.5 Å². The highest BCUT2D eigenvalue weighted by Gasteiger charge is 2.19. The second kappa shape index (κ2) is 10.1. The smallest absolute Gasteiger partial charge is 0.270 e. The molecule has 9 nitrogen and oxygen atoms in total. The van der Waals surface area contributed by atoms with E-state index in [4.69, 9.17) is 0 Å². The predicted octanol–water partition coefficient (Wildman–Crippen LogP) is 2.83. The number of anilines is 1. The van der Waals surface area contributed by atoms with E-state index in [1.54, 1.807) is 29.2 Å². The summed E-state index contributed by atoms with van der Waals surface area (Å²) >= 11 is 0. The zero-order valence-corrected chi connectivity index (χ0v) is 17.0. The van der Waals surface area contributed by atoms with E-state index < -0.39 is 22.8 Å². The van der Waals surface area contributed by atoms with Crippen LogP contribution >= 0.6 is 0 Å². The Kier molecular flexibility index (Phi) is 7.62. The monoisotopic (exact) mass is 412 g/mol. The lowest BCUT2D eigenvalue weighted by Crippen LogP contribution is -2.41. The Bertz CT molecular complexity index is 939. The minimum atomic E-state index is -0.881. The average molecular weight is 412 g/mol. The Morgan fingerprint density at radius 3 is 2.23 bits per heavy atom. The molecule has 3 amide bonds. The number of nitro benzene ring substituents is 1. The van der Waals surface area contributed by atoms with Crippen LogP contribution < -0.4 is 10.6 Å². The zero-order chi connectivity index (χ0) is 22.3. The van der Waals surface area contributed by atoms with Gasteiger partial charge in [0.1, 0.15) is 6.04 Å². The molecular formula is C21H24N4O5. The molecule has 2 aromatic rings. The summed E-state index contributed by atoms with van der Waals surface area (Å²) in [6.45, 7) is 6.52. The molecule has 1 atom stereocenters. The molecule has 2 aromatic carbocycles. The van der Waals surface area contributed by atoms with Crippen molar-refractivity contribution in [3.05, 3.63) is 69.8 Å². The van der Waals surface area contributed by atoms with Crippen molar-refractivity contribution >= 4 is 29.1 Å². The fourth-order valence-corrected chi connectivity index (χ4v) is 2.75. The van der Waals surface area contributed by atoms with E-state index in [-0.39, 0.29) is 17.2 Å². The predicted molar refractivity (Wildman–Crippen MR) is 112 cm³/mol. The number of nitro groups is 1. The Morgan fingerprint density at radius 1 is 1.03 bits per heavy atom. The van der Waals surface area contributed by atoms with Crippen LogP contribution in [0.5, 0.6) is 0 Å². The summed E-state index contributed by atoms with van der Waals surface area (Å²) in [7, 11) is 0. The first-order chi connectivity index (χ1) is 14.3. The minimum Gasteiger partial charge on any atom is -0.341 e. The summed E-state index contributed by atoms with van der Waals surface area (Å²) in [6.07, 6.45) is 0. The van der Waals surface area contributed by atoms with E-state index in [2.05, 4.69) is 10.6 Å². The second-order valence-corrected chi connectivity index (χ2v) is 6.55. The number of hydrogen-bond acceptors (Lipinski definition) is 5. The average Bonchev–Trinajstić information content (AvgIpc) is 2.75. The molecule has 0 aliphatic rings. The first-order valence-electron chi connectivity index (χ1n) is 9.52. The maximum Gasteiger partial charge on any atom is 0.270 e. The van der Waals surface area contributed by atoms with Crippen LogP contribution in [-0.2, 0) is 4.79 Å². The van der Waals surface area contributed by atoms with Crippen molar-refractivity contribution in [2.45, 2.75) is 26.8 Å². The molecule has 0 radical (unpaired) electrons. The highest BCUT2D eigenvalue weighted by Crippen LogP contribution is 2.14. The number of hydrogen-bond donors (Lipinski definition) is 2. The molecule has 0 saturated heterocycles.